The van der Waals surface area contributed by atoms with Crippen molar-refractivity contribution in [3.8, 4) is 0 Å². The summed E-state index contributed by atoms with van der Waals surface area (Å²) >= 11 is 6.07. The van der Waals surface area contributed by atoms with Crippen molar-refractivity contribution in [2.24, 2.45) is 0 Å². The van der Waals surface area contributed by atoms with Crippen molar-refractivity contribution >= 4 is 11.6 Å². The molecule has 1 fully saturated rings. The van der Waals surface area contributed by atoms with E-state index in [9.17, 15) is 9.50 Å². The SMILES string of the molecule is CC(C)(C(O)Cc1ccc(F)cc1Cl)N1CCCCCC1. The van der Waals surface area contributed by atoms with Crippen LogP contribution in [-0.4, -0.2) is 34.7 Å². The van der Waals surface area contributed by atoms with Crippen molar-refractivity contribution in [3.05, 3.63) is 34.6 Å². The molecular formula is C17H25ClFNO. The van der Waals surface area contributed by atoms with Gasteiger partial charge in [-0.1, -0.05) is 30.5 Å². The molecule has 2 nitrogen and oxygen atoms in total. The van der Waals surface area contributed by atoms with Crippen LogP contribution in [0.5, 0.6) is 0 Å². The predicted octanol–water partition coefficient (Wildman–Crippen LogP) is 4.04. The number of nitrogens with zero attached hydrogens (tertiary/aromatic N) is 1. The molecule has 0 radical (unpaired) electrons. The lowest BCUT2D eigenvalue weighted by Gasteiger charge is -2.41. The minimum absolute atomic E-state index is 0.304. The lowest BCUT2D eigenvalue weighted by Crippen LogP contribution is -2.53. The van der Waals surface area contributed by atoms with Gasteiger partial charge in [-0.25, -0.2) is 4.39 Å². The first-order valence-electron chi connectivity index (χ1n) is 7.78. The number of aliphatic hydroxyl groups excluding tert-OH is 1. The standard InChI is InChI=1S/C17H25ClFNO/c1-17(2,20-9-5-3-4-6-10-20)16(21)11-13-7-8-14(19)12-15(13)18/h7-8,12,16,21H,3-6,9-11H2,1-2H3. The van der Waals surface area contributed by atoms with Crippen LogP contribution in [0.1, 0.15) is 45.1 Å². The van der Waals surface area contributed by atoms with E-state index in [0.29, 0.717) is 11.4 Å². The first kappa shape index (κ1) is 16.7. The van der Waals surface area contributed by atoms with Crippen LogP contribution in [-0.2, 0) is 6.42 Å². The van der Waals surface area contributed by atoms with E-state index in [1.54, 1.807) is 6.07 Å². The second-order valence-corrected chi connectivity index (χ2v) is 6.92. The summed E-state index contributed by atoms with van der Waals surface area (Å²) in [4.78, 5) is 2.38. The van der Waals surface area contributed by atoms with Gasteiger partial charge >= 0.3 is 0 Å². The van der Waals surface area contributed by atoms with Crippen LogP contribution in [0.4, 0.5) is 4.39 Å². The summed E-state index contributed by atoms with van der Waals surface area (Å²) < 4.78 is 13.1. The zero-order chi connectivity index (χ0) is 15.5. The Morgan fingerprint density at radius 2 is 1.86 bits per heavy atom. The summed E-state index contributed by atoms with van der Waals surface area (Å²) in [7, 11) is 0. The van der Waals surface area contributed by atoms with Gasteiger partial charge in [-0.2, -0.15) is 0 Å². The zero-order valence-electron chi connectivity index (χ0n) is 12.9. The number of rotatable bonds is 4. The van der Waals surface area contributed by atoms with E-state index in [2.05, 4.69) is 18.7 Å². The lowest BCUT2D eigenvalue weighted by atomic mass is 9.89. The summed E-state index contributed by atoms with van der Waals surface area (Å²) in [5.74, 6) is -0.343. The minimum atomic E-state index is -0.529. The molecule has 0 aliphatic carbocycles. The maximum absolute atomic E-state index is 13.1. The third-order valence-electron chi connectivity index (χ3n) is 4.66. The molecule has 0 aromatic heterocycles. The Hall–Kier alpha value is -0.640. The Morgan fingerprint density at radius 1 is 1.24 bits per heavy atom. The molecule has 1 aromatic carbocycles. The predicted molar refractivity (Wildman–Crippen MR) is 85.2 cm³/mol. The molecule has 0 amide bonds. The van der Waals surface area contributed by atoms with E-state index in [0.717, 1.165) is 18.7 Å². The highest BCUT2D eigenvalue weighted by atomic mass is 35.5. The fourth-order valence-electron chi connectivity index (χ4n) is 3.00. The van der Waals surface area contributed by atoms with Crippen molar-refractivity contribution < 1.29 is 9.50 Å². The van der Waals surface area contributed by atoms with E-state index in [1.165, 1.54) is 37.8 Å². The van der Waals surface area contributed by atoms with Crippen LogP contribution in [0.25, 0.3) is 0 Å². The second-order valence-electron chi connectivity index (χ2n) is 6.51. The van der Waals surface area contributed by atoms with E-state index in [-0.39, 0.29) is 11.4 Å². The van der Waals surface area contributed by atoms with Gasteiger partial charge in [0.1, 0.15) is 5.82 Å². The molecule has 1 unspecified atom stereocenters. The first-order valence-corrected chi connectivity index (χ1v) is 8.16. The van der Waals surface area contributed by atoms with Gasteiger partial charge in [-0.3, -0.25) is 4.90 Å². The Balaban J connectivity index is 2.07. The molecular weight excluding hydrogens is 289 g/mol. The topological polar surface area (TPSA) is 23.5 Å². The van der Waals surface area contributed by atoms with E-state index in [4.69, 9.17) is 11.6 Å². The van der Waals surface area contributed by atoms with Crippen LogP contribution in [0.3, 0.4) is 0 Å². The van der Waals surface area contributed by atoms with Crippen molar-refractivity contribution in [1.82, 2.24) is 4.90 Å². The molecule has 0 spiro atoms. The average molecular weight is 314 g/mol. The van der Waals surface area contributed by atoms with Crippen LogP contribution in [0.2, 0.25) is 5.02 Å². The van der Waals surface area contributed by atoms with Gasteiger partial charge in [0.2, 0.25) is 0 Å². The van der Waals surface area contributed by atoms with Crippen LogP contribution >= 0.6 is 11.6 Å². The van der Waals surface area contributed by atoms with Crippen molar-refractivity contribution in [3.63, 3.8) is 0 Å². The molecule has 21 heavy (non-hydrogen) atoms. The largest absolute Gasteiger partial charge is 0.391 e. The van der Waals surface area contributed by atoms with Crippen LogP contribution < -0.4 is 0 Å². The van der Waals surface area contributed by atoms with Crippen molar-refractivity contribution in [1.29, 1.82) is 0 Å². The van der Waals surface area contributed by atoms with Gasteiger partial charge in [-0.15, -0.1) is 0 Å². The molecule has 0 bridgehead atoms. The summed E-state index contributed by atoms with van der Waals surface area (Å²) in [5, 5.41) is 11.1. The Kier molecular flexibility index (Phi) is 5.64. The smallest absolute Gasteiger partial charge is 0.124 e. The molecule has 1 N–H and O–H groups in total. The molecule has 4 heteroatoms. The molecule has 1 aromatic rings. The highest BCUT2D eigenvalue weighted by molar-refractivity contribution is 6.31. The monoisotopic (exact) mass is 313 g/mol. The van der Waals surface area contributed by atoms with E-state index < -0.39 is 6.10 Å². The molecule has 1 atom stereocenters. The summed E-state index contributed by atoms with van der Waals surface area (Å²) in [6.07, 6.45) is 4.83. The van der Waals surface area contributed by atoms with Gasteiger partial charge in [0.05, 0.1) is 6.10 Å². The van der Waals surface area contributed by atoms with Gasteiger partial charge in [-0.05, 0) is 57.5 Å². The minimum Gasteiger partial charge on any atom is -0.391 e. The average Bonchev–Trinajstić information content (AvgIpc) is 2.71. The summed E-state index contributed by atoms with van der Waals surface area (Å²) in [6, 6.07) is 4.37. The molecule has 1 aliphatic heterocycles. The third kappa shape index (κ3) is 4.18. The molecule has 1 aliphatic rings. The number of hydrogen-bond donors (Lipinski definition) is 1. The Bertz CT molecular complexity index is 470. The maximum atomic E-state index is 13.1. The Morgan fingerprint density at radius 3 is 2.43 bits per heavy atom. The summed E-state index contributed by atoms with van der Waals surface area (Å²) in [6.45, 7) is 6.23. The van der Waals surface area contributed by atoms with Crippen molar-refractivity contribution in [2.75, 3.05) is 13.1 Å². The van der Waals surface area contributed by atoms with E-state index >= 15 is 0 Å². The molecule has 0 saturated carbocycles. The molecule has 1 saturated heterocycles. The number of likely N-dealkylation sites (tertiary alicyclic amines) is 1. The van der Waals surface area contributed by atoms with Crippen molar-refractivity contribution in [2.45, 2.75) is 57.6 Å². The Labute approximate surface area is 131 Å². The number of halogens is 2. The molecule has 1 heterocycles. The maximum Gasteiger partial charge on any atom is 0.124 e. The zero-order valence-corrected chi connectivity index (χ0v) is 13.7. The van der Waals surface area contributed by atoms with Gasteiger partial charge in [0.25, 0.3) is 0 Å². The fraction of sp³-hybridized carbons (Fsp3) is 0.647. The highest BCUT2D eigenvalue weighted by Crippen LogP contribution is 2.27. The quantitative estimate of drug-likeness (QED) is 0.907. The van der Waals surface area contributed by atoms with Gasteiger partial charge in [0, 0.05) is 17.0 Å². The number of hydrogen-bond acceptors (Lipinski definition) is 2. The van der Waals surface area contributed by atoms with E-state index in [1.807, 2.05) is 0 Å². The molecule has 118 valence electrons. The second kappa shape index (κ2) is 7.08. The third-order valence-corrected chi connectivity index (χ3v) is 5.02. The lowest BCUT2D eigenvalue weighted by molar-refractivity contribution is -0.00785. The first-order chi connectivity index (χ1) is 9.91. The number of benzene rings is 1. The van der Waals surface area contributed by atoms with Gasteiger partial charge < -0.3 is 5.11 Å². The summed E-state index contributed by atoms with van der Waals surface area (Å²) in [5.41, 5.74) is 0.496. The van der Waals surface area contributed by atoms with Crippen LogP contribution in [0.15, 0.2) is 18.2 Å². The normalized spacial score (nSPS) is 19.3. The number of aliphatic hydroxyl groups is 1. The molecule has 2 rings (SSSR count). The van der Waals surface area contributed by atoms with Gasteiger partial charge in [0.15, 0.2) is 0 Å². The fourth-order valence-corrected chi connectivity index (χ4v) is 3.25. The highest BCUT2D eigenvalue weighted by Gasteiger charge is 2.34. The van der Waals surface area contributed by atoms with Crippen LogP contribution in [0, 0.1) is 5.82 Å².